The summed E-state index contributed by atoms with van der Waals surface area (Å²) >= 11 is 0. The molecule has 2 aromatic carbocycles. The Labute approximate surface area is 199 Å². The van der Waals surface area contributed by atoms with Crippen LogP contribution in [0.25, 0.3) is 11.1 Å². The fraction of sp³-hybridized carbons (Fsp3) is 0.444. The first kappa shape index (κ1) is 23.8. The molecule has 2 amide bonds. The molecule has 7 nitrogen and oxygen atoms in total. The van der Waals surface area contributed by atoms with Crippen molar-refractivity contribution in [2.24, 2.45) is 5.92 Å². The van der Waals surface area contributed by atoms with E-state index in [0.29, 0.717) is 6.42 Å². The highest BCUT2D eigenvalue weighted by atomic mass is 16.5. The summed E-state index contributed by atoms with van der Waals surface area (Å²) in [6, 6.07) is 15.0. The number of alkyl carbamates (subject to hydrolysis) is 1. The number of benzene rings is 2. The Balaban J connectivity index is 1.36. The van der Waals surface area contributed by atoms with Crippen LogP contribution in [0.4, 0.5) is 4.79 Å². The van der Waals surface area contributed by atoms with Crippen molar-refractivity contribution in [1.29, 1.82) is 0 Å². The van der Waals surface area contributed by atoms with E-state index in [2.05, 4.69) is 34.9 Å². The van der Waals surface area contributed by atoms with Crippen LogP contribution in [-0.2, 0) is 14.3 Å². The Bertz CT molecular complexity index is 1000. The lowest BCUT2D eigenvalue weighted by Gasteiger charge is -2.26. The number of ether oxygens (including phenoxy) is 1. The minimum absolute atomic E-state index is 0.0608. The molecule has 2 atom stereocenters. The van der Waals surface area contributed by atoms with E-state index < -0.39 is 24.1 Å². The van der Waals surface area contributed by atoms with Crippen LogP contribution in [0.3, 0.4) is 0 Å². The number of hydrogen-bond donors (Lipinski definition) is 3. The second-order valence-electron chi connectivity index (χ2n) is 9.19. The van der Waals surface area contributed by atoms with Gasteiger partial charge in [-0.15, -0.1) is 0 Å². The third-order valence-electron chi connectivity index (χ3n) is 7.05. The maximum atomic E-state index is 12.9. The van der Waals surface area contributed by atoms with Gasteiger partial charge in [0.1, 0.15) is 12.6 Å². The van der Waals surface area contributed by atoms with Gasteiger partial charge in [0, 0.05) is 12.0 Å². The third kappa shape index (κ3) is 5.24. The number of rotatable bonds is 9. The molecule has 0 saturated heterocycles. The molecule has 2 aromatic rings. The van der Waals surface area contributed by atoms with E-state index in [1.165, 1.54) is 0 Å². The molecule has 2 aliphatic carbocycles. The number of fused-ring (bicyclic) bond motifs is 3. The number of aliphatic carboxylic acids is 1. The molecule has 1 fully saturated rings. The zero-order chi connectivity index (χ0) is 24.1. The normalized spacial score (nSPS) is 16.9. The Morgan fingerprint density at radius 3 is 2.12 bits per heavy atom. The van der Waals surface area contributed by atoms with Crippen LogP contribution in [0, 0.1) is 5.92 Å². The van der Waals surface area contributed by atoms with Gasteiger partial charge in [-0.3, -0.25) is 9.59 Å². The lowest BCUT2D eigenvalue weighted by molar-refractivity contribution is -0.138. The first-order valence-corrected chi connectivity index (χ1v) is 12.1. The molecule has 0 spiro atoms. The van der Waals surface area contributed by atoms with Crippen LogP contribution in [0.15, 0.2) is 48.5 Å². The highest BCUT2D eigenvalue weighted by Gasteiger charge is 2.32. The van der Waals surface area contributed by atoms with Crippen molar-refractivity contribution in [3.05, 3.63) is 59.7 Å². The fourth-order valence-corrected chi connectivity index (χ4v) is 5.30. The summed E-state index contributed by atoms with van der Waals surface area (Å²) in [5.74, 6) is -1.20. The molecule has 0 heterocycles. The van der Waals surface area contributed by atoms with Crippen molar-refractivity contribution >= 4 is 18.0 Å². The Hall–Kier alpha value is -3.35. The van der Waals surface area contributed by atoms with Crippen LogP contribution >= 0.6 is 0 Å². The third-order valence-corrected chi connectivity index (χ3v) is 7.05. The van der Waals surface area contributed by atoms with Crippen LogP contribution in [-0.4, -0.2) is 41.8 Å². The van der Waals surface area contributed by atoms with Crippen molar-refractivity contribution in [1.82, 2.24) is 10.6 Å². The number of hydrogen-bond acceptors (Lipinski definition) is 4. The van der Waals surface area contributed by atoms with Gasteiger partial charge in [-0.2, -0.15) is 0 Å². The smallest absolute Gasteiger partial charge is 0.407 e. The average molecular weight is 465 g/mol. The lowest BCUT2D eigenvalue weighted by Crippen LogP contribution is -2.51. The summed E-state index contributed by atoms with van der Waals surface area (Å²) in [5, 5.41) is 14.8. The van der Waals surface area contributed by atoms with Crippen LogP contribution < -0.4 is 10.6 Å². The number of carboxylic acids is 1. The van der Waals surface area contributed by atoms with E-state index in [1.807, 2.05) is 24.3 Å². The Morgan fingerprint density at radius 2 is 1.56 bits per heavy atom. The SMILES string of the molecule is CC[C@@H](NC(=O)OCC1c2ccccc2-c2ccccc21)C(=O)NC(CC(=O)O)C1CCCC1. The van der Waals surface area contributed by atoms with Gasteiger partial charge in [0.2, 0.25) is 5.91 Å². The zero-order valence-electron chi connectivity index (χ0n) is 19.5. The van der Waals surface area contributed by atoms with E-state index in [0.717, 1.165) is 47.9 Å². The molecule has 3 N–H and O–H groups in total. The molecule has 34 heavy (non-hydrogen) atoms. The highest BCUT2D eigenvalue weighted by Crippen LogP contribution is 2.44. The number of carboxylic acid groups (broad SMARTS) is 1. The summed E-state index contributed by atoms with van der Waals surface area (Å²) < 4.78 is 5.57. The van der Waals surface area contributed by atoms with Gasteiger partial charge < -0.3 is 20.5 Å². The molecular formula is C27H32N2O5. The summed E-state index contributed by atoms with van der Waals surface area (Å²) in [6.45, 7) is 1.97. The number of nitrogens with one attached hydrogen (secondary N) is 2. The lowest BCUT2D eigenvalue weighted by atomic mass is 9.95. The molecule has 180 valence electrons. The standard InChI is InChI=1S/C27H32N2O5/c1-2-23(26(32)28-24(15-25(30)31)17-9-3-4-10-17)29-27(33)34-16-22-20-13-7-5-11-18(20)19-12-6-8-14-21(19)22/h5-8,11-14,17,22-24H,2-4,9-10,15-16H2,1H3,(H,28,32)(H,29,33)(H,30,31)/t23-,24?/m1/s1. The monoisotopic (exact) mass is 464 g/mol. The largest absolute Gasteiger partial charge is 0.481 e. The second kappa shape index (κ2) is 10.7. The summed E-state index contributed by atoms with van der Waals surface area (Å²) in [4.78, 5) is 36.8. The maximum Gasteiger partial charge on any atom is 0.407 e. The van der Waals surface area contributed by atoms with Gasteiger partial charge in [-0.25, -0.2) is 4.79 Å². The van der Waals surface area contributed by atoms with E-state index in [4.69, 9.17) is 4.74 Å². The Kier molecular flexibility index (Phi) is 7.50. The van der Waals surface area contributed by atoms with Gasteiger partial charge in [-0.05, 0) is 47.4 Å². The molecule has 0 bridgehead atoms. The van der Waals surface area contributed by atoms with E-state index in [1.54, 1.807) is 6.92 Å². The molecular weight excluding hydrogens is 432 g/mol. The topological polar surface area (TPSA) is 105 Å². The summed E-state index contributed by atoms with van der Waals surface area (Å²) in [7, 11) is 0. The van der Waals surface area contributed by atoms with Gasteiger partial charge in [0.15, 0.2) is 0 Å². The second-order valence-corrected chi connectivity index (χ2v) is 9.19. The highest BCUT2D eigenvalue weighted by molar-refractivity contribution is 5.86. The molecule has 2 aliphatic rings. The molecule has 4 rings (SSSR count). The summed E-state index contributed by atoms with van der Waals surface area (Å²) in [5.41, 5.74) is 4.53. The van der Waals surface area contributed by atoms with Gasteiger partial charge in [-0.1, -0.05) is 68.3 Å². The molecule has 0 aliphatic heterocycles. The number of amides is 2. The minimum Gasteiger partial charge on any atom is -0.481 e. The van der Waals surface area contributed by atoms with Crippen molar-refractivity contribution in [2.45, 2.75) is 63.5 Å². The van der Waals surface area contributed by atoms with Gasteiger partial charge >= 0.3 is 12.1 Å². The molecule has 0 aromatic heterocycles. The minimum atomic E-state index is -0.935. The van der Waals surface area contributed by atoms with Crippen LogP contribution in [0.5, 0.6) is 0 Å². The number of carbonyl (C=O) groups excluding carboxylic acids is 2. The predicted octanol–water partition coefficient (Wildman–Crippen LogP) is 4.45. The fourth-order valence-electron chi connectivity index (χ4n) is 5.30. The van der Waals surface area contributed by atoms with E-state index >= 15 is 0 Å². The van der Waals surface area contributed by atoms with Crippen molar-refractivity contribution in [3.8, 4) is 11.1 Å². The molecule has 1 saturated carbocycles. The average Bonchev–Trinajstić information content (AvgIpc) is 3.47. The van der Waals surface area contributed by atoms with Crippen molar-refractivity contribution in [2.75, 3.05) is 6.61 Å². The number of carbonyl (C=O) groups is 3. The van der Waals surface area contributed by atoms with Gasteiger partial charge in [0.05, 0.1) is 6.42 Å². The van der Waals surface area contributed by atoms with Gasteiger partial charge in [0.25, 0.3) is 0 Å². The first-order chi connectivity index (χ1) is 16.5. The molecule has 7 heteroatoms. The predicted molar refractivity (Wildman–Crippen MR) is 128 cm³/mol. The molecule has 0 radical (unpaired) electrons. The van der Waals surface area contributed by atoms with Crippen molar-refractivity contribution < 1.29 is 24.2 Å². The molecule has 1 unspecified atom stereocenters. The van der Waals surface area contributed by atoms with Crippen molar-refractivity contribution in [3.63, 3.8) is 0 Å². The maximum absolute atomic E-state index is 12.9. The van der Waals surface area contributed by atoms with Crippen LogP contribution in [0.1, 0.15) is 62.5 Å². The van der Waals surface area contributed by atoms with Crippen LogP contribution in [0.2, 0.25) is 0 Å². The Morgan fingerprint density at radius 1 is 0.971 bits per heavy atom. The quantitative estimate of drug-likeness (QED) is 0.508. The first-order valence-electron chi connectivity index (χ1n) is 12.1. The summed E-state index contributed by atoms with van der Waals surface area (Å²) in [6.07, 6.45) is 3.53. The van der Waals surface area contributed by atoms with E-state index in [-0.39, 0.29) is 30.8 Å². The van der Waals surface area contributed by atoms with E-state index in [9.17, 15) is 19.5 Å². The zero-order valence-corrected chi connectivity index (χ0v) is 19.5.